The van der Waals surface area contributed by atoms with Crippen LogP contribution in [-0.2, 0) is 6.42 Å². The Hall–Kier alpha value is -2.00. The summed E-state index contributed by atoms with van der Waals surface area (Å²) in [6.07, 6.45) is 1.71. The SMILES string of the molecule is CCc1nnc(NC(=O)c2ccc(SCCC(C)C)c([N+](=O)[O-])c2)s1. The number of nitrogens with zero attached hydrogens (tertiary/aromatic N) is 3. The Labute approximate surface area is 154 Å². The first-order valence-electron chi connectivity index (χ1n) is 7.95. The molecule has 1 N–H and O–H groups in total. The van der Waals surface area contributed by atoms with Crippen molar-refractivity contribution in [2.75, 3.05) is 11.1 Å². The van der Waals surface area contributed by atoms with Gasteiger partial charge in [0.25, 0.3) is 11.6 Å². The zero-order chi connectivity index (χ0) is 18.4. The molecule has 0 aliphatic rings. The number of aryl methyl sites for hydroxylation is 1. The van der Waals surface area contributed by atoms with Crippen LogP contribution in [0.1, 0.15) is 42.6 Å². The number of anilines is 1. The number of aromatic nitrogens is 2. The average molecular weight is 380 g/mol. The first kappa shape index (κ1) is 19.3. The van der Waals surface area contributed by atoms with Crippen LogP contribution in [0.2, 0.25) is 0 Å². The van der Waals surface area contributed by atoms with E-state index in [1.807, 2.05) is 6.92 Å². The van der Waals surface area contributed by atoms with Gasteiger partial charge in [0, 0.05) is 11.6 Å². The molecule has 1 aromatic heterocycles. The van der Waals surface area contributed by atoms with Crippen molar-refractivity contribution in [3.05, 3.63) is 38.9 Å². The second-order valence-corrected chi connectivity index (χ2v) is 7.98. The predicted octanol–water partition coefficient (Wildman–Crippen LogP) is 4.40. The van der Waals surface area contributed by atoms with Crippen molar-refractivity contribution in [2.45, 2.75) is 38.5 Å². The zero-order valence-corrected chi connectivity index (χ0v) is 15.9. The topological polar surface area (TPSA) is 98.0 Å². The van der Waals surface area contributed by atoms with Crippen molar-refractivity contribution in [2.24, 2.45) is 5.92 Å². The lowest BCUT2D eigenvalue weighted by molar-refractivity contribution is -0.387. The number of amides is 1. The summed E-state index contributed by atoms with van der Waals surface area (Å²) in [5, 5.41) is 23.0. The van der Waals surface area contributed by atoms with E-state index in [1.165, 1.54) is 29.2 Å². The summed E-state index contributed by atoms with van der Waals surface area (Å²) in [7, 11) is 0. The molecule has 1 aromatic carbocycles. The number of benzene rings is 1. The van der Waals surface area contributed by atoms with Crippen LogP contribution in [0.4, 0.5) is 10.8 Å². The number of carbonyl (C=O) groups excluding carboxylic acids is 1. The van der Waals surface area contributed by atoms with Crippen LogP contribution in [0.25, 0.3) is 0 Å². The van der Waals surface area contributed by atoms with Crippen LogP contribution in [0, 0.1) is 16.0 Å². The third-order valence-electron chi connectivity index (χ3n) is 3.36. The largest absolute Gasteiger partial charge is 0.296 e. The fraction of sp³-hybridized carbons (Fsp3) is 0.438. The molecule has 0 fully saturated rings. The molecule has 9 heteroatoms. The summed E-state index contributed by atoms with van der Waals surface area (Å²) < 4.78 is 0. The highest BCUT2D eigenvalue weighted by Gasteiger charge is 2.19. The highest BCUT2D eigenvalue weighted by atomic mass is 32.2. The molecule has 0 bridgehead atoms. The number of hydrogen-bond acceptors (Lipinski definition) is 7. The van der Waals surface area contributed by atoms with E-state index in [0.29, 0.717) is 15.9 Å². The Balaban J connectivity index is 2.13. The van der Waals surface area contributed by atoms with Crippen molar-refractivity contribution in [1.29, 1.82) is 0 Å². The molecule has 0 saturated heterocycles. The molecule has 134 valence electrons. The Morgan fingerprint density at radius 2 is 2.16 bits per heavy atom. The number of carbonyl (C=O) groups is 1. The molecule has 7 nitrogen and oxygen atoms in total. The maximum absolute atomic E-state index is 12.3. The third kappa shape index (κ3) is 5.50. The van der Waals surface area contributed by atoms with Gasteiger partial charge in [0.1, 0.15) is 5.01 Å². The van der Waals surface area contributed by atoms with Crippen LogP contribution in [0.3, 0.4) is 0 Å². The van der Waals surface area contributed by atoms with Crippen molar-refractivity contribution in [1.82, 2.24) is 10.2 Å². The molecular weight excluding hydrogens is 360 g/mol. The zero-order valence-electron chi connectivity index (χ0n) is 14.3. The summed E-state index contributed by atoms with van der Waals surface area (Å²) in [5.41, 5.74) is 0.182. The van der Waals surface area contributed by atoms with Gasteiger partial charge in [-0.3, -0.25) is 20.2 Å². The number of hydrogen-bond donors (Lipinski definition) is 1. The second-order valence-electron chi connectivity index (χ2n) is 5.78. The molecule has 0 aliphatic heterocycles. The van der Waals surface area contributed by atoms with Gasteiger partial charge in [-0.25, -0.2) is 0 Å². The van der Waals surface area contributed by atoms with Gasteiger partial charge in [-0.15, -0.1) is 22.0 Å². The van der Waals surface area contributed by atoms with Gasteiger partial charge in [-0.2, -0.15) is 0 Å². The van der Waals surface area contributed by atoms with Crippen molar-refractivity contribution in [3.8, 4) is 0 Å². The monoisotopic (exact) mass is 380 g/mol. The fourth-order valence-electron chi connectivity index (χ4n) is 1.94. The lowest BCUT2D eigenvalue weighted by Gasteiger charge is -2.07. The van der Waals surface area contributed by atoms with E-state index < -0.39 is 10.8 Å². The number of nitrogens with one attached hydrogen (secondary N) is 1. The summed E-state index contributed by atoms with van der Waals surface area (Å²) in [6.45, 7) is 6.17. The molecular formula is C16H20N4O3S2. The number of thioether (sulfide) groups is 1. The Kier molecular flexibility index (Phi) is 6.89. The van der Waals surface area contributed by atoms with Gasteiger partial charge in [0.15, 0.2) is 0 Å². The average Bonchev–Trinajstić information content (AvgIpc) is 3.02. The maximum atomic E-state index is 12.3. The van der Waals surface area contributed by atoms with Gasteiger partial charge >= 0.3 is 0 Å². The summed E-state index contributed by atoms with van der Waals surface area (Å²) in [4.78, 5) is 23.8. The molecule has 0 saturated carbocycles. The standard InChI is InChI=1S/C16H20N4O3S2/c1-4-14-18-19-16(25-14)17-15(21)11-5-6-13(12(9-11)20(22)23)24-8-7-10(2)3/h5-6,9-10H,4,7-8H2,1-3H3,(H,17,19,21). The molecule has 0 unspecified atom stereocenters. The minimum atomic E-state index is -0.450. The van der Waals surface area contributed by atoms with Crippen LogP contribution >= 0.6 is 23.1 Å². The molecule has 0 atom stereocenters. The number of nitro benzene ring substituents is 1. The molecule has 1 heterocycles. The van der Waals surface area contributed by atoms with Crippen LogP contribution in [0.15, 0.2) is 23.1 Å². The van der Waals surface area contributed by atoms with Crippen LogP contribution in [0.5, 0.6) is 0 Å². The summed E-state index contributed by atoms with van der Waals surface area (Å²) in [5.74, 6) is 0.909. The molecule has 1 amide bonds. The number of nitro groups is 1. The second kappa shape index (κ2) is 8.91. The molecule has 0 aliphatic carbocycles. The van der Waals surface area contributed by atoms with Gasteiger partial charge in [0.2, 0.25) is 5.13 Å². The lowest BCUT2D eigenvalue weighted by atomic mass is 10.2. The van der Waals surface area contributed by atoms with Crippen molar-refractivity contribution < 1.29 is 9.72 Å². The Bertz CT molecular complexity index is 762. The van der Waals surface area contributed by atoms with Gasteiger partial charge in [-0.1, -0.05) is 32.1 Å². The van der Waals surface area contributed by atoms with Gasteiger partial charge < -0.3 is 0 Å². The summed E-state index contributed by atoms with van der Waals surface area (Å²) >= 11 is 2.73. The van der Waals surface area contributed by atoms with E-state index >= 15 is 0 Å². The Morgan fingerprint density at radius 3 is 2.76 bits per heavy atom. The smallest absolute Gasteiger partial charge is 0.283 e. The highest BCUT2D eigenvalue weighted by molar-refractivity contribution is 7.99. The van der Waals surface area contributed by atoms with Crippen molar-refractivity contribution >= 4 is 39.8 Å². The first-order chi connectivity index (χ1) is 11.9. The van der Waals surface area contributed by atoms with E-state index in [0.717, 1.165) is 23.6 Å². The van der Waals surface area contributed by atoms with Crippen LogP contribution < -0.4 is 5.32 Å². The molecule has 0 spiro atoms. The number of rotatable bonds is 8. The quantitative estimate of drug-likeness (QED) is 0.414. The third-order valence-corrected chi connectivity index (χ3v) is 5.44. The predicted molar refractivity (Wildman–Crippen MR) is 101 cm³/mol. The fourth-order valence-corrected chi connectivity index (χ4v) is 3.87. The first-order valence-corrected chi connectivity index (χ1v) is 9.75. The van der Waals surface area contributed by atoms with E-state index in [-0.39, 0.29) is 11.3 Å². The molecule has 25 heavy (non-hydrogen) atoms. The lowest BCUT2D eigenvalue weighted by Crippen LogP contribution is -2.12. The van der Waals surface area contributed by atoms with E-state index in [9.17, 15) is 14.9 Å². The van der Waals surface area contributed by atoms with E-state index in [2.05, 4.69) is 29.4 Å². The molecule has 0 radical (unpaired) electrons. The molecule has 2 aromatic rings. The Morgan fingerprint density at radius 1 is 1.40 bits per heavy atom. The minimum absolute atomic E-state index is 0.0482. The van der Waals surface area contributed by atoms with Crippen molar-refractivity contribution in [3.63, 3.8) is 0 Å². The minimum Gasteiger partial charge on any atom is -0.296 e. The van der Waals surface area contributed by atoms with Gasteiger partial charge in [-0.05, 0) is 36.6 Å². The normalized spacial score (nSPS) is 10.9. The highest BCUT2D eigenvalue weighted by Crippen LogP contribution is 2.31. The maximum Gasteiger partial charge on any atom is 0.283 e. The van der Waals surface area contributed by atoms with Gasteiger partial charge in [0.05, 0.1) is 9.82 Å². The van der Waals surface area contributed by atoms with Crippen LogP contribution in [-0.4, -0.2) is 26.8 Å². The van der Waals surface area contributed by atoms with E-state index in [4.69, 9.17) is 0 Å². The summed E-state index contributed by atoms with van der Waals surface area (Å²) in [6, 6.07) is 4.55. The van der Waals surface area contributed by atoms with E-state index in [1.54, 1.807) is 12.1 Å². The molecule has 2 rings (SSSR count).